The van der Waals surface area contributed by atoms with Gasteiger partial charge >= 0.3 is 17.9 Å². The van der Waals surface area contributed by atoms with E-state index in [1.807, 2.05) is 0 Å². The molecule has 0 aromatic carbocycles. The minimum Gasteiger partial charge on any atom is -0.463 e. The Labute approximate surface area is 199 Å². The molecule has 34 heavy (non-hydrogen) atoms. The number of dihydropyridines is 1. The number of rotatable bonds is 8. The van der Waals surface area contributed by atoms with Gasteiger partial charge in [-0.15, -0.1) is 0 Å². The van der Waals surface area contributed by atoms with Crippen molar-refractivity contribution < 1.29 is 33.4 Å². The molecule has 0 bridgehead atoms. The molecule has 0 saturated heterocycles. The molecule has 1 heterocycles. The van der Waals surface area contributed by atoms with Gasteiger partial charge in [-0.3, -0.25) is 9.59 Å². The number of esters is 3. The van der Waals surface area contributed by atoms with E-state index in [-0.39, 0.29) is 24.4 Å². The van der Waals surface area contributed by atoms with Crippen LogP contribution in [0.2, 0.25) is 0 Å². The number of allylic oxidation sites excluding steroid dienone is 2. The lowest BCUT2D eigenvalue weighted by Gasteiger charge is -2.39. The summed E-state index contributed by atoms with van der Waals surface area (Å²) in [4.78, 5) is 52.7. The van der Waals surface area contributed by atoms with Gasteiger partial charge in [-0.1, -0.05) is 19.3 Å². The third kappa shape index (κ3) is 5.58. The fraction of sp³-hybridized carbons (Fsp3) is 0.625. The zero-order chi connectivity index (χ0) is 25.5. The lowest BCUT2D eigenvalue weighted by Crippen LogP contribution is -2.51. The Morgan fingerprint density at radius 1 is 0.971 bits per heavy atom. The second-order valence-electron chi connectivity index (χ2n) is 8.34. The number of ether oxygens (including phenoxy) is 3. The van der Waals surface area contributed by atoms with Crippen LogP contribution in [0.1, 0.15) is 59.8 Å². The van der Waals surface area contributed by atoms with Gasteiger partial charge in [0.1, 0.15) is 11.5 Å². The van der Waals surface area contributed by atoms with Gasteiger partial charge in [-0.05, 0) is 40.5 Å². The predicted octanol–water partition coefficient (Wildman–Crippen LogP) is 2.11. The molecule has 1 amide bonds. The molecular formula is C24H33N3O7. The van der Waals surface area contributed by atoms with Crippen molar-refractivity contribution >= 4 is 23.8 Å². The first kappa shape index (κ1) is 26.9. The van der Waals surface area contributed by atoms with E-state index in [4.69, 9.17) is 14.2 Å². The molecule has 1 saturated carbocycles. The molecule has 0 spiro atoms. The summed E-state index contributed by atoms with van der Waals surface area (Å²) in [5, 5.41) is 12.6. The van der Waals surface area contributed by atoms with Crippen LogP contribution in [0.25, 0.3) is 0 Å². The fourth-order valence-electron chi connectivity index (χ4n) is 4.40. The molecule has 1 fully saturated rings. The van der Waals surface area contributed by atoms with Gasteiger partial charge in [0.2, 0.25) is 0 Å². The van der Waals surface area contributed by atoms with E-state index in [9.17, 15) is 24.4 Å². The third-order valence-electron chi connectivity index (χ3n) is 6.23. The SMILES string of the molecule is CCOC(=O)C1=C(C)NC(C)=C(C(=O)OCC)C1C(=O)OCC(=O)N(C)C1(C#N)CCCCC1. The van der Waals surface area contributed by atoms with Gasteiger partial charge in [0.05, 0.1) is 30.4 Å². The van der Waals surface area contributed by atoms with Crippen molar-refractivity contribution in [3.8, 4) is 6.07 Å². The van der Waals surface area contributed by atoms with Crippen molar-refractivity contribution in [1.29, 1.82) is 5.26 Å². The summed E-state index contributed by atoms with van der Waals surface area (Å²) in [6.07, 6.45) is 3.77. The van der Waals surface area contributed by atoms with Crippen LogP contribution in [-0.2, 0) is 33.4 Å². The van der Waals surface area contributed by atoms with Crippen LogP contribution in [0.4, 0.5) is 0 Å². The molecule has 0 radical (unpaired) electrons. The maximum absolute atomic E-state index is 13.2. The summed E-state index contributed by atoms with van der Waals surface area (Å²) in [6, 6.07) is 2.25. The summed E-state index contributed by atoms with van der Waals surface area (Å²) in [7, 11) is 1.53. The highest BCUT2D eigenvalue weighted by molar-refractivity contribution is 6.05. The fourth-order valence-corrected chi connectivity index (χ4v) is 4.40. The Morgan fingerprint density at radius 2 is 1.47 bits per heavy atom. The Morgan fingerprint density at radius 3 is 1.91 bits per heavy atom. The Balaban J connectivity index is 2.29. The number of hydrogen-bond acceptors (Lipinski definition) is 9. The van der Waals surface area contributed by atoms with Crippen molar-refractivity contribution in [3.63, 3.8) is 0 Å². The van der Waals surface area contributed by atoms with E-state index in [1.54, 1.807) is 27.7 Å². The van der Waals surface area contributed by atoms with Crippen LogP contribution in [-0.4, -0.2) is 61.1 Å². The average Bonchev–Trinajstić information content (AvgIpc) is 2.81. The molecular weight excluding hydrogens is 442 g/mol. The second-order valence-corrected chi connectivity index (χ2v) is 8.34. The van der Waals surface area contributed by atoms with Crippen LogP contribution in [0, 0.1) is 17.2 Å². The van der Waals surface area contributed by atoms with E-state index < -0.39 is 41.9 Å². The average molecular weight is 476 g/mol. The molecule has 186 valence electrons. The first-order valence-electron chi connectivity index (χ1n) is 11.5. The van der Waals surface area contributed by atoms with Gasteiger partial charge in [-0.2, -0.15) is 5.26 Å². The molecule has 1 aliphatic carbocycles. The number of likely N-dealkylation sites (N-methyl/N-ethyl adjacent to an activating group) is 1. The lowest BCUT2D eigenvalue weighted by molar-refractivity contribution is -0.157. The first-order valence-corrected chi connectivity index (χ1v) is 11.5. The number of hydrogen-bond donors (Lipinski definition) is 1. The van der Waals surface area contributed by atoms with Crippen LogP contribution < -0.4 is 5.32 Å². The molecule has 1 aliphatic heterocycles. The number of nitrogens with one attached hydrogen (secondary N) is 1. The zero-order valence-corrected chi connectivity index (χ0v) is 20.5. The van der Waals surface area contributed by atoms with E-state index >= 15 is 0 Å². The largest absolute Gasteiger partial charge is 0.463 e. The van der Waals surface area contributed by atoms with E-state index in [0.717, 1.165) is 19.3 Å². The number of carbonyl (C=O) groups is 4. The molecule has 2 aliphatic rings. The standard InChI is InChI=1S/C24H33N3O7/c1-6-32-21(29)18-15(3)26-16(4)19(22(30)33-7-2)20(18)23(31)34-13-17(28)27(5)24(14-25)11-9-8-10-12-24/h20,26H,6-13H2,1-5H3. The maximum Gasteiger partial charge on any atom is 0.337 e. The summed E-state index contributed by atoms with van der Waals surface area (Å²) < 4.78 is 15.5. The lowest BCUT2D eigenvalue weighted by atomic mass is 9.81. The summed E-state index contributed by atoms with van der Waals surface area (Å²) in [6.45, 7) is 5.90. The molecule has 10 nitrogen and oxygen atoms in total. The molecule has 0 aromatic rings. The normalized spacial score (nSPS) is 17.9. The summed E-state index contributed by atoms with van der Waals surface area (Å²) >= 11 is 0. The molecule has 0 atom stereocenters. The minimum absolute atomic E-state index is 0.0638. The van der Waals surface area contributed by atoms with Crippen LogP contribution in [0.15, 0.2) is 22.5 Å². The van der Waals surface area contributed by atoms with Gasteiger partial charge in [0, 0.05) is 18.4 Å². The van der Waals surface area contributed by atoms with Crippen molar-refractivity contribution in [2.24, 2.45) is 5.92 Å². The molecule has 0 unspecified atom stereocenters. The smallest absolute Gasteiger partial charge is 0.337 e. The number of carbonyl (C=O) groups excluding carboxylic acids is 4. The summed E-state index contributed by atoms with van der Waals surface area (Å²) in [5.41, 5.74) is -0.431. The summed E-state index contributed by atoms with van der Waals surface area (Å²) in [5.74, 6) is -4.47. The van der Waals surface area contributed by atoms with Crippen molar-refractivity contribution in [2.45, 2.75) is 65.3 Å². The van der Waals surface area contributed by atoms with Crippen LogP contribution in [0.3, 0.4) is 0 Å². The van der Waals surface area contributed by atoms with Crippen molar-refractivity contribution in [2.75, 3.05) is 26.9 Å². The Bertz CT molecular complexity index is 899. The second kappa shape index (κ2) is 11.7. The quantitative estimate of drug-likeness (QED) is 0.413. The van der Waals surface area contributed by atoms with Crippen LogP contribution >= 0.6 is 0 Å². The third-order valence-corrected chi connectivity index (χ3v) is 6.23. The molecule has 2 rings (SSSR count). The number of nitrogens with zero attached hydrogens (tertiary/aromatic N) is 2. The van der Waals surface area contributed by atoms with E-state index in [2.05, 4.69) is 11.4 Å². The van der Waals surface area contributed by atoms with Gasteiger partial charge in [0.25, 0.3) is 5.91 Å². The van der Waals surface area contributed by atoms with Crippen molar-refractivity contribution in [1.82, 2.24) is 10.2 Å². The Kier molecular flexibility index (Phi) is 9.24. The van der Waals surface area contributed by atoms with E-state index in [1.165, 1.54) is 11.9 Å². The predicted molar refractivity (Wildman–Crippen MR) is 120 cm³/mol. The Hall–Kier alpha value is -3.35. The highest BCUT2D eigenvalue weighted by atomic mass is 16.5. The topological polar surface area (TPSA) is 135 Å². The monoisotopic (exact) mass is 475 g/mol. The van der Waals surface area contributed by atoms with Gasteiger partial charge in [-0.25, -0.2) is 9.59 Å². The minimum atomic E-state index is -1.42. The van der Waals surface area contributed by atoms with Crippen molar-refractivity contribution in [3.05, 3.63) is 22.5 Å². The first-order chi connectivity index (χ1) is 16.1. The molecule has 10 heteroatoms. The van der Waals surface area contributed by atoms with Crippen LogP contribution in [0.5, 0.6) is 0 Å². The zero-order valence-electron chi connectivity index (χ0n) is 20.5. The number of amides is 1. The van der Waals surface area contributed by atoms with Gasteiger partial charge in [0.15, 0.2) is 6.61 Å². The highest BCUT2D eigenvalue weighted by Crippen LogP contribution is 2.34. The van der Waals surface area contributed by atoms with E-state index in [0.29, 0.717) is 24.2 Å². The molecule has 0 aromatic heterocycles. The highest BCUT2D eigenvalue weighted by Gasteiger charge is 2.43. The maximum atomic E-state index is 13.2. The molecule has 1 N–H and O–H groups in total. The number of nitriles is 1. The van der Waals surface area contributed by atoms with Gasteiger partial charge < -0.3 is 24.4 Å².